The van der Waals surface area contributed by atoms with E-state index in [9.17, 15) is 8.42 Å². The third kappa shape index (κ3) is 3.60. The van der Waals surface area contributed by atoms with Crippen LogP contribution >= 0.6 is 11.6 Å². The molecule has 0 N–H and O–H groups in total. The first-order chi connectivity index (χ1) is 9.56. The molecule has 2 rings (SSSR count). The minimum atomic E-state index is -3.47. The number of halogens is 1. The molecule has 0 aromatic carbocycles. The topological polar surface area (TPSA) is 68.7 Å². The van der Waals surface area contributed by atoms with Gasteiger partial charge >= 0.3 is 0 Å². The second-order valence-corrected chi connectivity index (χ2v) is 7.04. The molecule has 1 saturated heterocycles. The van der Waals surface area contributed by atoms with Crippen LogP contribution in [0.5, 0.6) is 5.75 Å². The van der Waals surface area contributed by atoms with E-state index in [1.165, 1.54) is 4.31 Å². The molecule has 112 valence electrons. The fourth-order valence-electron chi connectivity index (χ4n) is 2.20. The monoisotopic (exact) mass is 320 g/mol. The van der Waals surface area contributed by atoms with Crippen molar-refractivity contribution in [3.63, 3.8) is 0 Å². The maximum atomic E-state index is 12.0. The predicted molar refractivity (Wildman–Crippen MR) is 75.3 cm³/mol. The first-order valence-corrected chi connectivity index (χ1v) is 8.32. The summed E-state index contributed by atoms with van der Waals surface area (Å²) in [6, 6.07) is 3.26. The minimum Gasteiger partial charge on any atom is -0.490 e. The Morgan fingerprint density at radius 2 is 2.35 bits per heavy atom. The Labute approximate surface area is 123 Å². The molecule has 2 atom stereocenters. The zero-order valence-corrected chi connectivity index (χ0v) is 12.7. The number of sulfonamides is 1. The Hall–Kier alpha value is -0.890. The molecule has 6 nitrogen and oxygen atoms in total. The minimum absolute atomic E-state index is 0.129. The summed E-state index contributed by atoms with van der Waals surface area (Å²) in [6.07, 6.45) is 3.69. The quantitative estimate of drug-likeness (QED) is 0.734. The van der Waals surface area contributed by atoms with Crippen LogP contribution < -0.4 is 4.74 Å². The molecule has 0 saturated carbocycles. The van der Waals surface area contributed by atoms with E-state index in [-0.39, 0.29) is 18.8 Å². The van der Waals surface area contributed by atoms with Crippen molar-refractivity contribution in [3.8, 4) is 5.75 Å². The number of aromatic nitrogens is 1. The largest absolute Gasteiger partial charge is 0.490 e. The van der Waals surface area contributed by atoms with E-state index in [1.807, 2.05) is 0 Å². The van der Waals surface area contributed by atoms with Gasteiger partial charge in [0.1, 0.15) is 17.6 Å². The first-order valence-electron chi connectivity index (χ1n) is 6.18. The van der Waals surface area contributed by atoms with Gasteiger partial charge in [0.15, 0.2) is 0 Å². The fraction of sp³-hybridized carbons (Fsp3) is 0.583. The molecule has 1 aliphatic rings. The summed E-state index contributed by atoms with van der Waals surface area (Å²) >= 11 is 5.53. The van der Waals surface area contributed by atoms with E-state index in [4.69, 9.17) is 21.1 Å². The van der Waals surface area contributed by atoms with Gasteiger partial charge in [0.25, 0.3) is 0 Å². The molecule has 0 radical (unpaired) electrons. The highest BCUT2D eigenvalue weighted by atomic mass is 35.5. The van der Waals surface area contributed by atoms with Gasteiger partial charge in [0.05, 0.1) is 18.3 Å². The summed E-state index contributed by atoms with van der Waals surface area (Å²) in [7, 11) is -1.90. The molecular weight excluding hydrogens is 304 g/mol. The van der Waals surface area contributed by atoms with Crippen LogP contribution in [-0.2, 0) is 14.8 Å². The summed E-state index contributed by atoms with van der Waals surface area (Å²) in [5, 5.41) is -0.438. The average Bonchev–Trinajstić information content (AvgIpc) is 2.90. The van der Waals surface area contributed by atoms with Crippen molar-refractivity contribution in [2.45, 2.75) is 18.6 Å². The second kappa shape index (κ2) is 6.71. The van der Waals surface area contributed by atoms with E-state index in [0.717, 1.165) is 0 Å². The lowest BCUT2D eigenvalue weighted by molar-refractivity contribution is 0.113. The number of ether oxygens (including phenoxy) is 2. The Morgan fingerprint density at radius 3 is 2.95 bits per heavy atom. The molecule has 2 heterocycles. The maximum Gasteiger partial charge on any atom is 0.228 e. The molecule has 1 fully saturated rings. The van der Waals surface area contributed by atoms with Crippen LogP contribution in [0.3, 0.4) is 0 Å². The molecule has 0 aliphatic carbocycles. The summed E-state index contributed by atoms with van der Waals surface area (Å²) in [4.78, 5) is 3.94. The van der Waals surface area contributed by atoms with Crippen molar-refractivity contribution < 1.29 is 17.9 Å². The van der Waals surface area contributed by atoms with Gasteiger partial charge in [-0.25, -0.2) is 8.42 Å². The first kappa shape index (κ1) is 15.5. The molecule has 8 heteroatoms. The van der Waals surface area contributed by atoms with E-state index < -0.39 is 15.2 Å². The predicted octanol–water partition coefficient (Wildman–Crippen LogP) is 1.08. The summed E-state index contributed by atoms with van der Waals surface area (Å²) in [5.74, 6) is 0.608. The van der Waals surface area contributed by atoms with Crippen LogP contribution in [0.2, 0.25) is 0 Å². The van der Waals surface area contributed by atoms with Gasteiger partial charge in [-0.3, -0.25) is 4.98 Å². The van der Waals surface area contributed by atoms with E-state index in [0.29, 0.717) is 18.7 Å². The molecule has 0 bridgehead atoms. The Bertz CT molecular complexity index is 526. The third-order valence-electron chi connectivity index (χ3n) is 3.23. The summed E-state index contributed by atoms with van der Waals surface area (Å²) in [5.41, 5.74) is 0. The Morgan fingerprint density at radius 1 is 1.55 bits per heavy atom. The number of rotatable bonds is 6. The van der Waals surface area contributed by atoms with E-state index >= 15 is 0 Å². The van der Waals surface area contributed by atoms with E-state index in [1.54, 1.807) is 31.6 Å². The summed E-state index contributed by atoms with van der Waals surface area (Å²) in [6.45, 7) is 0.564. The standard InChI is InChI=1S/C12H17ClN2O4S/c1-18-12-5-10(15(7-12)20(16,17)9-13)8-19-11-3-2-4-14-6-11/h2-4,6,10,12H,5,7-9H2,1H3/t10-,12-/m1/s1. The zero-order chi connectivity index (χ0) is 14.6. The molecule has 0 amide bonds. The Balaban J connectivity index is 2.04. The van der Waals surface area contributed by atoms with Crippen molar-refractivity contribution in [3.05, 3.63) is 24.5 Å². The fourth-order valence-corrected chi connectivity index (χ4v) is 3.69. The highest BCUT2D eigenvalue weighted by Crippen LogP contribution is 2.25. The van der Waals surface area contributed by atoms with E-state index in [2.05, 4.69) is 4.98 Å². The van der Waals surface area contributed by atoms with Gasteiger partial charge in [-0.1, -0.05) is 0 Å². The molecule has 20 heavy (non-hydrogen) atoms. The maximum absolute atomic E-state index is 12.0. The molecule has 0 spiro atoms. The number of alkyl halides is 1. The van der Waals surface area contributed by atoms with Crippen LogP contribution in [0.4, 0.5) is 0 Å². The lowest BCUT2D eigenvalue weighted by Gasteiger charge is -2.22. The number of methoxy groups -OCH3 is 1. The smallest absolute Gasteiger partial charge is 0.228 e. The normalized spacial score (nSPS) is 23.9. The van der Waals surface area contributed by atoms with Gasteiger partial charge in [0, 0.05) is 19.9 Å². The van der Waals surface area contributed by atoms with Crippen LogP contribution in [0.15, 0.2) is 24.5 Å². The number of hydrogen-bond acceptors (Lipinski definition) is 5. The highest BCUT2D eigenvalue weighted by molar-refractivity contribution is 7.90. The van der Waals surface area contributed by atoms with Gasteiger partial charge in [-0.2, -0.15) is 4.31 Å². The van der Waals surface area contributed by atoms with Crippen LogP contribution in [-0.4, -0.2) is 55.3 Å². The molecule has 0 unspecified atom stereocenters. The van der Waals surface area contributed by atoms with Gasteiger partial charge in [-0.15, -0.1) is 11.6 Å². The SMILES string of the molecule is CO[C@@H]1C[C@H](COc2cccnc2)N(S(=O)(=O)CCl)C1. The van der Waals surface area contributed by atoms with Crippen molar-refractivity contribution in [2.75, 3.05) is 25.5 Å². The number of hydrogen-bond donors (Lipinski definition) is 0. The highest BCUT2D eigenvalue weighted by Gasteiger charge is 2.39. The number of nitrogens with zero attached hydrogens (tertiary/aromatic N) is 2. The van der Waals surface area contributed by atoms with Gasteiger partial charge < -0.3 is 9.47 Å². The molecule has 1 aliphatic heterocycles. The van der Waals surface area contributed by atoms with Crippen LogP contribution in [0.1, 0.15) is 6.42 Å². The van der Waals surface area contributed by atoms with Crippen molar-refractivity contribution in [1.29, 1.82) is 0 Å². The lowest BCUT2D eigenvalue weighted by atomic mass is 10.2. The Kier molecular flexibility index (Phi) is 5.20. The molecule has 1 aromatic heterocycles. The summed E-state index contributed by atoms with van der Waals surface area (Å²) < 4.78 is 36.1. The van der Waals surface area contributed by atoms with Gasteiger partial charge in [-0.05, 0) is 18.6 Å². The van der Waals surface area contributed by atoms with Crippen LogP contribution in [0.25, 0.3) is 0 Å². The third-order valence-corrected chi connectivity index (χ3v) is 5.50. The van der Waals surface area contributed by atoms with Crippen molar-refractivity contribution >= 4 is 21.6 Å². The lowest BCUT2D eigenvalue weighted by Crippen LogP contribution is -2.39. The zero-order valence-electron chi connectivity index (χ0n) is 11.1. The average molecular weight is 321 g/mol. The molecular formula is C12H17ClN2O4S. The molecule has 1 aromatic rings. The van der Waals surface area contributed by atoms with Crippen molar-refractivity contribution in [1.82, 2.24) is 9.29 Å². The van der Waals surface area contributed by atoms with Crippen LogP contribution in [0, 0.1) is 0 Å². The number of pyridine rings is 1. The second-order valence-electron chi connectivity index (χ2n) is 4.54. The van der Waals surface area contributed by atoms with Gasteiger partial charge in [0.2, 0.25) is 10.0 Å². The van der Waals surface area contributed by atoms with Crippen molar-refractivity contribution in [2.24, 2.45) is 0 Å².